The van der Waals surface area contributed by atoms with Crippen LogP contribution in [0.3, 0.4) is 0 Å². The topological polar surface area (TPSA) is 43.1 Å². The second kappa shape index (κ2) is 6.42. The number of rotatable bonds is 3. The minimum Gasteiger partial charge on any atom is -0.244 e. The van der Waals surface area contributed by atoms with Crippen molar-refractivity contribution >= 4 is 46.6 Å². The summed E-state index contributed by atoms with van der Waals surface area (Å²) in [6.07, 6.45) is -5.04. The van der Waals surface area contributed by atoms with Crippen molar-refractivity contribution in [3.63, 3.8) is 0 Å². The minimum absolute atomic E-state index is 0.292. The molecule has 11 heteroatoms. The zero-order chi connectivity index (χ0) is 20.1. The fourth-order valence-electron chi connectivity index (χ4n) is 2.61. The SMILES string of the molecule is C=Nc1c2c(C(F)(F)F)nc(C(F)(F)Cl)cc2nn1-c1ccc(Cl)cc1C. The summed E-state index contributed by atoms with van der Waals surface area (Å²) in [6.45, 7) is 4.93. The second-order valence-corrected chi connectivity index (χ2v) is 6.48. The van der Waals surface area contributed by atoms with E-state index in [9.17, 15) is 22.0 Å². The lowest BCUT2D eigenvalue weighted by Crippen LogP contribution is -2.14. The highest BCUT2D eigenvalue weighted by atomic mass is 35.5. The average Bonchev–Trinajstić information content (AvgIpc) is 2.90. The van der Waals surface area contributed by atoms with E-state index in [-0.39, 0.29) is 5.82 Å². The fourth-order valence-corrected chi connectivity index (χ4v) is 2.94. The molecule has 0 aliphatic heterocycles. The van der Waals surface area contributed by atoms with E-state index in [4.69, 9.17) is 23.2 Å². The van der Waals surface area contributed by atoms with E-state index in [0.717, 1.165) is 4.68 Å². The van der Waals surface area contributed by atoms with Gasteiger partial charge in [0.15, 0.2) is 11.5 Å². The monoisotopic (exact) mass is 422 g/mol. The number of aromatic nitrogens is 3. The van der Waals surface area contributed by atoms with Crippen molar-refractivity contribution < 1.29 is 22.0 Å². The Balaban J connectivity index is 2.44. The summed E-state index contributed by atoms with van der Waals surface area (Å²) in [7, 11) is 0. The highest BCUT2D eigenvalue weighted by molar-refractivity contribution is 6.30. The lowest BCUT2D eigenvalue weighted by molar-refractivity contribution is -0.140. The molecule has 2 aromatic heterocycles. The van der Waals surface area contributed by atoms with Crippen LogP contribution in [0.4, 0.5) is 27.8 Å². The van der Waals surface area contributed by atoms with E-state index >= 15 is 0 Å². The number of hydrogen-bond acceptors (Lipinski definition) is 3. The lowest BCUT2D eigenvalue weighted by atomic mass is 10.1. The van der Waals surface area contributed by atoms with E-state index in [2.05, 4.69) is 21.8 Å². The highest BCUT2D eigenvalue weighted by Gasteiger charge is 2.41. The third kappa shape index (κ3) is 3.49. The zero-order valence-corrected chi connectivity index (χ0v) is 15.0. The molecular weight excluding hydrogens is 414 g/mol. The molecule has 3 aromatic rings. The van der Waals surface area contributed by atoms with E-state index in [1.807, 2.05) is 0 Å². The first-order valence-corrected chi connectivity index (χ1v) is 8.00. The van der Waals surface area contributed by atoms with Crippen LogP contribution in [-0.4, -0.2) is 21.5 Å². The Bertz CT molecular complexity index is 1050. The third-order valence-corrected chi connectivity index (χ3v) is 4.16. The van der Waals surface area contributed by atoms with Gasteiger partial charge in [0.2, 0.25) is 0 Å². The Morgan fingerprint density at radius 1 is 1.15 bits per heavy atom. The summed E-state index contributed by atoms with van der Waals surface area (Å²) in [6, 6.07) is 5.27. The summed E-state index contributed by atoms with van der Waals surface area (Å²) in [4.78, 5) is 6.65. The fraction of sp³-hybridized carbons (Fsp3) is 0.188. The molecule has 0 aliphatic rings. The maximum Gasteiger partial charge on any atom is 0.434 e. The molecule has 0 amide bonds. The van der Waals surface area contributed by atoms with Gasteiger partial charge in [0.05, 0.1) is 16.6 Å². The van der Waals surface area contributed by atoms with Crippen molar-refractivity contribution in [2.75, 3.05) is 0 Å². The summed E-state index contributed by atoms with van der Waals surface area (Å²) in [5, 5.41) is -0.254. The zero-order valence-electron chi connectivity index (χ0n) is 13.5. The standard InChI is InChI=1S/C16H9Cl2F5N4/c1-7-5-8(17)3-4-10(7)27-14(24-2)12-9(26-27)6-11(15(18,19)20)25-13(12)16(21,22)23/h3-6H,2H2,1H3. The van der Waals surface area contributed by atoms with Crippen LogP contribution in [0.25, 0.3) is 16.6 Å². The molecule has 0 aliphatic carbocycles. The van der Waals surface area contributed by atoms with Gasteiger partial charge >= 0.3 is 11.6 Å². The van der Waals surface area contributed by atoms with Gasteiger partial charge in [-0.1, -0.05) is 11.6 Å². The largest absolute Gasteiger partial charge is 0.434 e. The highest BCUT2D eigenvalue weighted by Crippen LogP contribution is 2.42. The van der Waals surface area contributed by atoms with Crippen LogP contribution in [0.2, 0.25) is 5.02 Å². The van der Waals surface area contributed by atoms with Crippen LogP contribution in [-0.2, 0) is 11.6 Å². The van der Waals surface area contributed by atoms with Crippen molar-refractivity contribution in [3.05, 3.63) is 46.2 Å². The van der Waals surface area contributed by atoms with E-state index in [1.165, 1.54) is 12.1 Å². The lowest BCUT2D eigenvalue weighted by Gasteiger charge is -2.12. The molecule has 2 heterocycles. The molecule has 0 spiro atoms. The Morgan fingerprint density at radius 2 is 1.81 bits per heavy atom. The molecular formula is C16H9Cl2F5N4. The van der Waals surface area contributed by atoms with Crippen LogP contribution in [0.5, 0.6) is 0 Å². The Morgan fingerprint density at radius 3 is 2.33 bits per heavy atom. The smallest absolute Gasteiger partial charge is 0.244 e. The molecule has 0 bridgehead atoms. The third-order valence-electron chi connectivity index (χ3n) is 3.73. The molecule has 0 saturated heterocycles. The van der Waals surface area contributed by atoms with Gasteiger partial charge in [-0.3, -0.25) is 0 Å². The van der Waals surface area contributed by atoms with Crippen molar-refractivity contribution in [3.8, 4) is 5.69 Å². The molecule has 0 atom stereocenters. The van der Waals surface area contributed by atoms with Crippen molar-refractivity contribution in [2.24, 2.45) is 4.99 Å². The maximum absolute atomic E-state index is 13.5. The molecule has 0 unspecified atom stereocenters. The van der Waals surface area contributed by atoms with Crippen molar-refractivity contribution in [1.82, 2.24) is 14.8 Å². The predicted octanol–water partition coefficient (Wildman–Crippen LogP) is 6.02. The molecule has 142 valence electrons. The van der Waals surface area contributed by atoms with Crippen LogP contribution in [0.1, 0.15) is 17.0 Å². The van der Waals surface area contributed by atoms with E-state index in [0.29, 0.717) is 22.3 Å². The van der Waals surface area contributed by atoms with Gasteiger partial charge in [-0.25, -0.2) is 14.7 Å². The molecule has 1 aromatic carbocycles. The molecule has 0 N–H and O–H groups in total. The normalized spacial score (nSPS) is 12.6. The minimum atomic E-state index is -5.04. The molecule has 0 saturated carbocycles. The number of nitrogens with zero attached hydrogens (tertiary/aromatic N) is 4. The van der Waals surface area contributed by atoms with Crippen LogP contribution >= 0.6 is 23.2 Å². The maximum atomic E-state index is 13.5. The van der Waals surface area contributed by atoms with Crippen molar-refractivity contribution in [1.29, 1.82) is 0 Å². The van der Waals surface area contributed by atoms with Gasteiger partial charge in [-0.2, -0.15) is 27.1 Å². The first-order chi connectivity index (χ1) is 12.4. The predicted molar refractivity (Wildman–Crippen MR) is 92.6 cm³/mol. The molecule has 3 rings (SSSR count). The van der Waals surface area contributed by atoms with Crippen LogP contribution in [0.15, 0.2) is 29.3 Å². The average molecular weight is 423 g/mol. The van der Waals surface area contributed by atoms with Crippen LogP contribution in [0, 0.1) is 6.92 Å². The number of benzene rings is 1. The number of fused-ring (bicyclic) bond motifs is 1. The molecule has 0 radical (unpaired) electrons. The number of aliphatic imine (C=N–C) groups is 1. The summed E-state index contributed by atoms with van der Waals surface area (Å²) in [5.41, 5.74) is -2.31. The van der Waals surface area contributed by atoms with Crippen molar-refractivity contribution in [2.45, 2.75) is 18.5 Å². The first kappa shape index (κ1) is 19.5. The quantitative estimate of drug-likeness (QED) is 0.294. The van der Waals surface area contributed by atoms with Crippen LogP contribution < -0.4 is 0 Å². The summed E-state index contributed by atoms with van der Waals surface area (Å²) < 4.78 is 68.3. The van der Waals surface area contributed by atoms with Gasteiger partial charge in [-0.15, -0.1) is 0 Å². The number of alkyl halides is 6. The number of halogens is 7. The van der Waals surface area contributed by atoms with Gasteiger partial charge in [0, 0.05) is 5.02 Å². The Hall–Kier alpha value is -2.26. The second-order valence-electron chi connectivity index (χ2n) is 5.57. The van der Waals surface area contributed by atoms with Gasteiger partial charge in [-0.05, 0) is 55.1 Å². The Kier molecular flexibility index (Phi) is 4.63. The summed E-state index contributed by atoms with van der Waals surface area (Å²) in [5.74, 6) is -0.292. The number of pyridine rings is 1. The van der Waals surface area contributed by atoms with Gasteiger partial charge in [0.1, 0.15) is 5.69 Å². The number of hydrogen-bond donors (Lipinski definition) is 0. The molecule has 27 heavy (non-hydrogen) atoms. The summed E-state index contributed by atoms with van der Waals surface area (Å²) >= 11 is 10.8. The number of aryl methyl sites for hydroxylation is 1. The van der Waals surface area contributed by atoms with Gasteiger partial charge < -0.3 is 0 Å². The Labute approximate surface area is 159 Å². The molecule has 4 nitrogen and oxygen atoms in total. The van der Waals surface area contributed by atoms with Gasteiger partial charge in [0.25, 0.3) is 0 Å². The molecule has 0 fully saturated rings. The van der Waals surface area contributed by atoms with E-state index in [1.54, 1.807) is 13.0 Å². The first-order valence-electron chi connectivity index (χ1n) is 7.25. The van der Waals surface area contributed by atoms with E-state index < -0.39 is 33.8 Å².